The van der Waals surface area contributed by atoms with Crippen LogP contribution in [-0.4, -0.2) is 10.7 Å². The van der Waals surface area contributed by atoms with Gasteiger partial charge in [-0.05, 0) is 123 Å². The highest BCUT2D eigenvalue weighted by Crippen LogP contribution is 2.69. The van der Waals surface area contributed by atoms with Gasteiger partial charge in [0.05, 0.1) is 5.60 Å². The normalized spacial score (nSPS) is 54.6. The second kappa shape index (κ2) is 6.23. The van der Waals surface area contributed by atoms with E-state index in [0.717, 1.165) is 48.3 Å². The smallest absolute Gasteiger partial charge is 0.0678 e. The van der Waals surface area contributed by atoms with Crippen molar-refractivity contribution in [3.05, 3.63) is 0 Å². The van der Waals surface area contributed by atoms with Crippen LogP contribution in [0.15, 0.2) is 0 Å². The molecule has 0 heterocycles. The summed E-state index contributed by atoms with van der Waals surface area (Å²) in [6, 6.07) is 0. The molecule has 0 aromatic heterocycles. The number of aliphatic hydroxyl groups is 1. The van der Waals surface area contributed by atoms with Gasteiger partial charge in [-0.2, -0.15) is 0 Å². The standard InChI is InChI=1S/C26H44O/c1-5-18-10-12-24(3)19(16-18)6-7-20-22-9-8-21(17(2)26(27)14-15-26)25(22,4)13-11-23(20)24/h17-23,27H,5-16H2,1-4H3/t17-,18-,19-,20-,21+,22-,23-,24-,25+/m0/s1. The highest BCUT2D eigenvalue weighted by molar-refractivity contribution is 5.12. The van der Waals surface area contributed by atoms with Crippen molar-refractivity contribution in [1.82, 2.24) is 0 Å². The quantitative estimate of drug-likeness (QED) is 0.575. The van der Waals surface area contributed by atoms with Gasteiger partial charge in [-0.1, -0.05) is 34.1 Å². The average Bonchev–Trinajstić information content (AvgIpc) is 3.31. The molecule has 0 aromatic carbocycles. The average molecular weight is 373 g/mol. The van der Waals surface area contributed by atoms with Crippen LogP contribution in [0.1, 0.15) is 105 Å². The largest absolute Gasteiger partial charge is 0.390 e. The molecule has 27 heavy (non-hydrogen) atoms. The Hall–Kier alpha value is -0.0400. The van der Waals surface area contributed by atoms with E-state index >= 15 is 0 Å². The lowest BCUT2D eigenvalue weighted by atomic mass is 9.44. The number of rotatable bonds is 3. The Kier molecular flexibility index (Phi) is 4.37. The summed E-state index contributed by atoms with van der Waals surface area (Å²) < 4.78 is 0. The molecule has 0 aromatic rings. The zero-order chi connectivity index (χ0) is 19.0. The molecule has 0 saturated heterocycles. The molecule has 0 amide bonds. The van der Waals surface area contributed by atoms with Gasteiger partial charge in [-0.3, -0.25) is 0 Å². The first-order valence-electron chi connectivity index (χ1n) is 12.5. The van der Waals surface area contributed by atoms with Crippen molar-refractivity contribution >= 4 is 0 Å². The first kappa shape index (κ1) is 19.0. The van der Waals surface area contributed by atoms with Crippen molar-refractivity contribution in [1.29, 1.82) is 0 Å². The SMILES string of the molecule is CC[C@H]1CC[C@@]2(C)[C@@H](CC[C@@H]3[C@@H]2CC[C@]2(C)[C@@H]([C@H](C)C4(O)CC4)CC[C@@H]32)C1. The molecular weight excluding hydrogens is 328 g/mol. The van der Waals surface area contributed by atoms with Crippen LogP contribution in [-0.2, 0) is 0 Å². The number of hydrogen-bond acceptors (Lipinski definition) is 1. The molecule has 5 aliphatic rings. The zero-order valence-corrected chi connectivity index (χ0v) is 18.5. The summed E-state index contributed by atoms with van der Waals surface area (Å²) >= 11 is 0. The van der Waals surface area contributed by atoms with Crippen molar-refractivity contribution in [3.8, 4) is 0 Å². The van der Waals surface area contributed by atoms with Crippen molar-refractivity contribution in [2.24, 2.45) is 52.3 Å². The summed E-state index contributed by atoms with van der Waals surface area (Å²) in [4.78, 5) is 0. The van der Waals surface area contributed by atoms with Gasteiger partial charge in [0.25, 0.3) is 0 Å². The Morgan fingerprint density at radius 1 is 0.852 bits per heavy atom. The molecule has 1 nitrogen and oxygen atoms in total. The molecule has 0 aliphatic heterocycles. The fourth-order valence-electron chi connectivity index (χ4n) is 9.54. The van der Waals surface area contributed by atoms with Crippen molar-refractivity contribution < 1.29 is 5.11 Å². The predicted octanol–water partition coefficient (Wildman–Crippen LogP) is 6.83. The third-order valence-corrected chi connectivity index (χ3v) is 11.6. The second-order valence-electron chi connectivity index (χ2n) is 12.3. The summed E-state index contributed by atoms with van der Waals surface area (Å²) in [7, 11) is 0. The third kappa shape index (κ3) is 2.65. The van der Waals surface area contributed by atoms with Crippen molar-refractivity contribution in [3.63, 3.8) is 0 Å². The lowest BCUT2D eigenvalue weighted by Gasteiger charge is -2.61. The number of fused-ring (bicyclic) bond motifs is 5. The van der Waals surface area contributed by atoms with E-state index in [4.69, 9.17) is 0 Å². The molecule has 1 N–H and O–H groups in total. The first-order valence-corrected chi connectivity index (χ1v) is 12.5. The third-order valence-electron chi connectivity index (χ3n) is 11.6. The summed E-state index contributed by atoms with van der Waals surface area (Å²) in [5.41, 5.74) is 0.874. The maximum Gasteiger partial charge on any atom is 0.0678 e. The molecular formula is C26H44O. The molecule has 5 saturated carbocycles. The van der Waals surface area contributed by atoms with Gasteiger partial charge >= 0.3 is 0 Å². The first-order chi connectivity index (χ1) is 12.8. The molecule has 9 atom stereocenters. The topological polar surface area (TPSA) is 20.2 Å². The minimum atomic E-state index is -0.290. The lowest BCUT2D eigenvalue weighted by Crippen LogP contribution is -2.54. The van der Waals surface area contributed by atoms with Crippen LogP contribution >= 0.6 is 0 Å². The molecule has 0 bridgehead atoms. The fraction of sp³-hybridized carbons (Fsp3) is 1.00. The van der Waals surface area contributed by atoms with Gasteiger partial charge in [-0.15, -0.1) is 0 Å². The zero-order valence-electron chi connectivity index (χ0n) is 18.5. The maximum atomic E-state index is 10.8. The van der Waals surface area contributed by atoms with Crippen LogP contribution < -0.4 is 0 Å². The van der Waals surface area contributed by atoms with Gasteiger partial charge in [-0.25, -0.2) is 0 Å². The van der Waals surface area contributed by atoms with E-state index in [1.165, 1.54) is 64.2 Å². The van der Waals surface area contributed by atoms with Crippen LogP contribution in [0.25, 0.3) is 0 Å². The summed E-state index contributed by atoms with van der Waals surface area (Å²) in [5.74, 6) is 6.29. The fourth-order valence-corrected chi connectivity index (χ4v) is 9.54. The number of hydrogen-bond donors (Lipinski definition) is 1. The molecule has 154 valence electrons. The second-order valence-corrected chi connectivity index (χ2v) is 12.3. The van der Waals surface area contributed by atoms with Gasteiger partial charge in [0, 0.05) is 0 Å². The van der Waals surface area contributed by atoms with Crippen LogP contribution in [0, 0.1) is 52.3 Å². The molecule has 0 spiro atoms. The molecule has 1 heteroatoms. The van der Waals surface area contributed by atoms with Crippen molar-refractivity contribution in [2.75, 3.05) is 0 Å². The van der Waals surface area contributed by atoms with E-state index in [1.807, 2.05) is 0 Å². The molecule has 0 radical (unpaired) electrons. The van der Waals surface area contributed by atoms with E-state index < -0.39 is 0 Å². The van der Waals surface area contributed by atoms with Gasteiger partial charge in [0.2, 0.25) is 0 Å². The maximum absolute atomic E-state index is 10.8. The lowest BCUT2D eigenvalue weighted by molar-refractivity contribution is -0.125. The van der Waals surface area contributed by atoms with E-state index in [1.54, 1.807) is 0 Å². The highest BCUT2D eigenvalue weighted by Gasteiger charge is 2.62. The molecule has 5 rings (SSSR count). The summed E-state index contributed by atoms with van der Waals surface area (Å²) in [6.45, 7) is 10.2. The Morgan fingerprint density at radius 3 is 2.26 bits per heavy atom. The Labute approximate surface area is 168 Å². The molecule has 0 unspecified atom stereocenters. The summed E-state index contributed by atoms with van der Waals surface area (Å²) in [6.07, 6.45) is 16.9. The van der Waals surface area contributed by atoms with E-state index in [9.17, 15) is 5.11 Å². The minimum Gasteiger partial charge on any atom is -0.390 e. The molecule has 5 aliphatic carbocycles. The van der Waals surface area contributed by atoms with Gasteiger partial charge < -0.3 is 5.11 Å². The van der Waals surface area contributed by atoms with Crippen LogP contribution in [0.2, 0.25) is 0 Å². The summed E-state index contributed by atoms with van der Waals surface area (Å²) in [5, 5.41) is 10.8. The predicted molar refractivity (Wildman–Crippen MR) is 112 cm³/mol. The molecule has 5 fully saturated rings. The monoisotopic (exact) mass is 372 g/mol. The minimum absolute atomic E-state index is 0.290. The Morgan fingerprint density at radius 2 is 1.56 bits per heavy atom. The van der Waals surface area contributed by atoms with Crippen molar-refractivity contribution in [2.45, 2.75) is 110 Å². The van der Waals surface area contributed by atoms with Gasteiger partial charge in [0.15, 0.2) is 0 Å². The van der Waals surface area contributed by atoms with Crippen LogP contribution in [0.3, 0.4) is 0 Å². The highest BCUT2D eigenvalue weighted by atomic mass is 16.3. The van der Waals surface area contributed by atoms with E-state index in [-0.39, 0.29) is 5.60 Å². The Bertz CT molecular complexity index is 579. The van der Waals surface area contributed by atoms with E-state index in [2.05, 4.69) is 27.7 Å². The Balaban J connectivity index is 1.38. The van der Waals surface area contributed by atoms with E-state index in [0.29, 0.717) is 16.7 Å². The van der Waals surface area contributed by atoms with Crippen LogP contribution in [0.4, 0.5) is 0 Å². The van der Waals surface area contributed by atoms with Gasteiger partial charge in [0.1, 0.15) is 0 Å². The van der Waals surface area contributed by atoms with Crippen LogP contribution in [0.5, 0.6) is 0 Å².